The molecular weight excluding hydrogens is 64.0 g/mol. The van der Waals surface area contributed by atoms with Crippen molar-refractivity contribution in [3.05, 3.63) is 18.7 Å². The van der Waals surface area contributed by atoms with E-state index in [2.05, 4.69) is 22.5 Å². The van der Waals surface area contributed by atoms with Gasteiger partial charge in [0.25, 0.3) is 0 Å². The smallest absolute Gasteiger partial charge is 0.174 e. The van der Waals surface area contributed by atoms with Gasteiger partial charge < -0.3 is 4.98 Å². The van der Waals surface area contributed by atoms with E-state index in [4.69, 9.17) is 0 Å². The predicted octanol–water partition coefficient (Wildman–Crippen LogP) is 0.0101. The molecule has 1 heterocycles. The van der Waals surface area contributed by atoms with Crippen molar-refractivity contribution >= 4 is 0 Å². The highest BCUT2D eigenvalue weighted by molar-refractivity contribution is 4.59. The van der Waals surface area contributed by atoms with Gasteiger partial charge in [0, 0.05) is 6.20 Å². The molecule has 0 unspecified atom stereocenters. The van der Waals surface area contributed by atoms with E-state index in [0.717, 1.165) is 0 Å². The molecule has 24 valence electrons. The highest BCUT2D eigenvalue weighted by Gasteiger charge is 1.60. The summed E-state index contributed by atoms with van der Waals surface area (Å²) in [6.45, 7) is 0. The van der Waals surface area contributed by atoms with Gasteiger partial charge in [0.2, 0.25) is 0 Å². The van der Waals surface area contributed by atoms with Crippen molar-refractivity contribution in [1.29, 1.82) is 0 Å². The number of hydrogen-bond donors (Lipinski definition) is 1. The van der Waals surface area contributed by atoms with Crippen LogP contribution >= 0.6 is 0 Å². The van der Waals surface area contributed by atoms with Crippen molar-refractivity contribution in [3.63, 3.8) is 0 Å². The standard InChI is InChI=1S/C3H2N2/c1-2-5-3-4-1/h1H,(H,4,5). The summed E-state index contributed by atoms with van der Waals surface area (Å²) >= 11 is 0. The molecule has 0 bridgehead atoms. The van der Waals surface area contributed by atoms with Gasteiger partial charge in [-0.05, 0) is 0 Å². The van der Waals surface area contributed by atoms with E-state index in [1.54, 1.807) is 6.20 Å². The number of nitrogens with one attached hydrogen (secondary N) is 1. The second-order valence-corrected chi connectivity index (χ2v) is 0.641. The lowest BCUT2D eigenvalue weighted by atomic mass is 11.0. The molecule has 0 aliphatic carbocycles. The fraction of sp³-hybridized carbons (Fsp3) is 0. The van der Waals surface area contributed by atoms with Crippen molar-refractivity contribution in [3.8, 4) is 0 Å². The molecule has 1 aromatic rings. The quantitative estimate of drug-likeness (QED) is 0.454. The van der Waals surface area contributed by atoms with Crippen molar-refractivity contribution < 1.29 is 0 Å². The Labute approximate surface area is 29.9 Å². The van der Waals surface area contributed by atoms with E-state index in [1.165, 1.54) is 0 Å². The second-order valence-electron chi connectivity index (χ2n) is 0.641. The van der Waals surface area contributed by atoms with Crippen LogP contribution in [-0.4, -0.2) is 9.97 Å². The molecule has 0 saturated heterocycles. The summed E-state index contributed by atoms with van der Waals surface area (Å²) in [7, 11) is 0. The van der Waals surface area contributed by atoms with Crippen LogP contribution in [-0.2, 0) is 0 Å². The van der Waals surface area contributed by atoms with Crippen LogP contribution in [0.3, 0.4) is 0 Å². The summed E-state index contributed by atoms with van der Waals surface area (Å²) in [4.78, 5) is 5.99. The second kappa shape index (κ2) is 0.885. The molecule has 1 N–H and O–H groups in total. The Kier molecular flexibility index (Phi) is 0.433. The minimum atomic E-state index is 1.58. The Morgan fingerprint density at radius 1 is 1.80 bits per heavy atom. The number of H-pyrrole nitrogens is 1. The third kappa shape index (κ3) is 0.265. The van der Waals surface area contributed by atoms with Crippen LogP contribution in [0.2, 0.25) is 0 Å². The molecule has 1 rings (SSSR count). The highest BCUT2D eigenvalue weighted by atomic mass is 14.8. The first kappa shape index (κ1) is 2.45. The van der Waals surface area contributed by atoms with Crippen molar-refractivity contribution in [2.45, 2.75) is 0 Å². The van der Waals surface area contributed by atoms with Crippen LogP contribution in [0.5, 0.6) is 0 Å². The molecule has 0 fully saturated rings. The van der Waals surface area contributed by atoms with Gasteiger partial charge in [-0.2, -0.15) is 0 Å². The summed E-state index contributed by atoms with van der Waals surface area (Å²) in [6.07, 6.45) is 6.51. The van der Waals surface area contributed by atoms with E-state index >= 15 is 0 Å². The molecule has 2 heteroatoms. The number of hydrogen-bond acceptors (Lipinski definition) is 1. The van der Waals surface area contributed by atoms with Crippen LogP contribution in [0.1, 0.15) is 0 Å². The normalized spacial score (nSPS) is 8.00. The fourth-order valence-corrected chi connectivity index (χ4v) is 0.161. The molecule has 2 nitrogen and oxygen atoms in total. The average molecular weight is 66.1 g/mol. The van der Waals surface area contributed by atoms with Crippen molar-refractivity contribution in [2.75, 3.05) is 0 Å². The van der Waals surface area contributed by atoms with E-state index in [-0.39, 0.29) is 0 Å². The Morgan fingerprint density at radius 2 is 2.80 bits per heavy atom. The molecule has 0 saturated carbocycles. The largest absolute Gasteiger partial charge is 0.341 e. The number of aromatic amines is 1. The Bertz CT molecular complexity index is 61.4. The van der Waals surface area contributed by atoms with Crippen molar-refractivity contribution in [1.82, 2.24) is 9.97 Å². The van der Waals surface area contributed by atoms with E-state index < -0.39 is 0 Å². The maximum atomic E-state index is 3.42. The summed E-state index contributed by atoms with van der Waals surface area (Å²) in [6, 6.07) is 0. The van der Waals surface area contributed by atoms with Crippen LogP contribution in [0.4, 0.5) is 0 Å². The third-order valence-corrected chi connectivity index (χ3v) is 0.322. The molecule has 0 amide bonds. The number of aromatic nitrogens is 2. The lowest BCUT2D eigenvalue weighted by Gasteiger charge is -1.43. The summed E-state index contributed by atoms with van der Waals surface area (Å²) in [5.41, 5.74) is 0. The lowest BCUT2D eigenvalue weighted by molar-refractivity contribution is 1.29. The molecule has 0 aliphatic heterocycles. The first-order valence-corrected chi connectivity index (χ1v) is 1.27. The summed E-state index contributed by atoms with van der Waals surface area (Å²) < 4.78 is 0. The van der Waals surface area contributed by atoms with Crippen LogP contribution in [0, 0.1) is 12.5 Å². The van der Waals surface area contributed by atoms with Gasteiger partial charge in [0.05, 0.1) is 0 Å². The molecule has 1 aromatic heterocycles. The van der Waals surface area contributed by atoms with E-state index in [1.807, 2.05) is 0 Å². The topological polar surface area (TPSA) is 28.7 Å². The number of rotatable bonds is 0. The molecule has 0 spiro atoms. The minimum Gasteiger partial charge on any atom is -0.341 e. The van der Waals surface area contributed by atoms with Gasteiger partial charge in [0.1, 0.15) is 6.20 Å². The molecule has 0 aliphatic rings. The van der Waals surface area contributed by atoms with Gasteiger partial charge in [-0.25, -0.2) is 4.98 Å². The zero-order valence-corrected chi connectivity index (χ0v) is 2.52. The number of imidazole rings is 1. The predicted molar refractivity (Wildman–Crippen MR) is 16.3 cm³/mol. The van der Waals surface area contributed by atoms with Crippen LogP contribution in [0.25, 0.3) is 0 Å². The van der Waals surface area contributed by atoms with E-state index in [9.17, 15) is 0 Å². The van der Waals surface area contributed by atoms with Crippen LogP contribution < -0.4 is 0 Å². The highest BCUT2D eigenvalue weighted by Crippen LogP contribution is 1.59. The molecule has 2 radical (unpaired) electrons. The summed E-state index contributed by atoms with van der Waals surface area (Å²) in [5.74, 6) is 0. The first-order valence-electron chi connectivity index (χ1n) is 1.27. The molecule has 0 atom stereocenters. The van der Waals surface area contributed by atoms with Crippen LogP contribution in [0.15, 0.2) is 6.20 Å². The Balaban J connectivity index is 3.13. The maximum absolute atomic E-state index is 3.42. The Hall–Kier alpha value is -0.790. The van der Waals surface area contributed by atoms with Gasteiger partial charge >= 0.3 is 0 Å². The van der Waals surface area contributed by atoms with Gasteiger partial charge in [-0.1, -0.05) is 0 Å². The minimum absolute atomic E-state index is 1.58. The Morgan fingerprint density at radius 3 is 3.00 bits per heavy atom. The van der Waals surface area contributed by atoms with Gasteiger partial charge in [0.15, 0.2) is 6.33 Å². The molecule has 0 aromatic carbocycles. The lowest BCUT2D eigenvalue weighted by Crippen LogP contribution is -1.46. The third-order valence-electron chi connectivity index (χ3n) is 0.322. The molecular formula is C3H2N2. The van der Waals surface area contributed by atoms with Gasteiger partial charge in [-0.3, -0.25) is 0 Å². The summed E-state index contributed by atoms with van der Waals surface area (Å²) in [5, 5.41) is 0. The zero-order valence-electron chi connectivity index (χ0n) is 2.52. The fourth-order valence-electron chi connectivity index (χ4n) is 0.161. The SMILES string of the molecule is [c]1c[nH][c]n1. The van der Waals surface area contributed by atoms with Gasteiger partial charge in [-0.15, -0.1) is 0 Å². The zero-order chi connectivity index (χ0) is 3.54. The molecule has 5 heavy (non-hydrogen) atoms. The van der Waals surface area contributed by atoms with Crippen molar-refractivity contribution in [2.24, 2.45) is 0 Å². The number of nitrogens with zero attached hydrogens (tertiary/aromatic N) is 1. The first-order chi connectivity index (χ1) is 2.50. The monoisotopic (exact) mass is 66.0 g/mol. The van der Waals surface area contributed by atoms with E-state index in [0.29, 0.717) is 0 Å². The average Bonchev–Trinajstić information content (AvgIpc) is 1.76. The maximum Gasteiger partial charge on any atom is 0.174 e.